The van der Waals surface area contributed by atoms with Gasteiger partial charge in [0.1, 0.15) is 11.7 Å². The third kappa shape index (κ3) is 5.14. The molecule has 3 aromatic rings. The van der Waals surface area contributed by atoms with Crippen molar-refractivity contribution in [3.63, 3.8) is 0 Å². The first-order valence-electron chi connectivity index (χ1n) is 11.0. The first-order chi connectivity index (χ1) is 15.6. The first kappa shape index (κ1) is 21.6. The predicted octanol–water partition coefficient (Wildman–Crippen LogP) is 5.41. The maximum atomic E-state index is 4.79. The van der Waals surface area contributed by atoms with E-state index >= 15 is 0 Å². The van der Waals surface area contributed by atoms with Crippen LogP contribution in [0.3, 0.4) is 0 Å². The topological polar surface area (TPSA) is 65.4 Å². The molecule has 0 aliphatic carbocycles. The second-order valence-corrected chi connectivity index (χ2v) is 8.01. The van der Waals surface area contributed by atoms with E-state index in [1.807, 2.05) is 24.3 Å². The van der Waals surface area contributed by atoms with E-state index in [2.05, 4.69) is 77.0 Å². The number of hydrogen-bond donors (Lipinski definition) is 2. The second-order valence-electron chi connectivity index (χ2n) is 8.01. The number of allylic oxidation sites excluding steroid dienone is 2. The Balaban J connectivity index is 1.76. The number of amidine groups is 1. The van der Waals surface area contributed by atoms with Crippen LogP contribution in [-0.4, -0.2) is 36.4 Å². The van der Waals surface area contributed by atoms with Crippen molar-refractivity contribution >= 4 is 34.2 Å². The predicted molar refractivity (Wildman–Crippen MR) is 136 cm³/mol. The summed E-state index contributed by atoms with van der Waals surface area (Å²) in [6.45, 7) is 3.72. The van der Waals surface area contributed by atoms with Gasteiger partial charge in [0, 0.05) is 38.3 Å². The lowest BCUT2D eigenvalue weighted by molar-refractivity contribution is 0.885. The highest BCUT2D eigenvalue weighted by atomic mass is 15.2. The minimum atomic E-state index is 0.589. The summed E-state index contributed by atoms with van der Waals surface area (Å²) in [4.78, 5) is 16.3. The van der Waals surface area contributed by atoms with Gasteiger partial charge in [-0.25, -0.2) is 4.98 Å². The zero-order valence-corrected chi connectivity index (χ0v) is 19.0. The van der Waals surface area contributed by atoms with Crippen LogP contribution in [0.4, 0.5) is 17.5 Å². The Labute approximate surface area is 189 Å². The lowest BCUT2D eigenvalue weighted by Gasteiger charge is -2.22. The van der Waals surface area contributed by atoms with Crippen LogP contribution in [0.15, 0.2) is 77.3 Å². The van der Waals surface area contributed by atoms with Gasteiger partial charge in [0.05, 0.1) is 5.52 Å². The van der Waals surface area contributed by atoms with E-state index in [4.69, 9.17) is 9.97 Å². The Bertz CT molecular complexity index is 1180. The molecule has 0 radical (unpaired) electrons. The minimum Gasteiger partial charge on any atom is -0.374 e. The Hall–Kier alpha value is -3.67. The molecular weight excluding hydrogens is 396 g/mol. The van der Waals surface area contributed by atoms with Gasteiger partial charge in [-0.3, -0.25) is 4.99 Å². The molecule has 6 nitrogen and oxygen atoms in total. The van der Waals surface area contributed by atoms with Gasteiger partial charge < -0.3 is 15.5 Å². The normalized spacial score (nSPS) is 19.3. The summed E-state index contributed by atoms with van der Waals surface area (Å²) in [6, 6.07) is 16.5. The number of hydrogen-bond acceptors (Lipinski definition) is 5. The zero-order chi connectivity index (χ0) is 22.3. The molecule has 0 amide bonds. The van der Waals surface area contributed by atoms with Crippen molar-refractivity contribution in [2.45, 2.75) is 26.3 Å². The van der Waals surface area contributed by atoms with Crippen molar-refractivity contribution in [2.75, 3.05) is 36.2 Å². The third-order valence-electron chi connectivity index (χ3n) is 5.55. The SMILES string of the molecule is CN=C1/C=C(\C)C/C=C\CCN(C)c2ccccc2CNc2nc(c3ccccc3n2)N1. The fourth-order valence-corrected chi connectivity index (χ4v) is 3.80. The third-order valence-corrected chi connectivity index (χ3v) is 5.55. The molecule has 0 saturated carbocycles. The number of aliphatic imine (C=N–C) groups is 1. The molecule has 1 aliphatic rings. The fourth-order valence-electron chi connectivity index (χ4n) is 3.80. The molecule has 1 aromatic heterocycles. The number of rotatable bonds is 0. The summed E-state index contributed by atoms with van der Waals surface area (Å²) in [7, 11) is 3.93. The zero-order valence-electron chi connectivity index (χ0n) is 19.0. The number of aromatic nitrogens is 2. The van der Waals surface area contributed by atoms with Crippen molar-refractivity contribution in [2.24, 2.45) is 4.99 Å². The van der Waals surface area contributed by atoms with Crippen molar-refractivity contribution in [3.8, 4) is 0 Å². The quantitative estimate of drug-likeness (QED) is 0.470. The van der Waals surface area contributed by atoms with E-state index in [1.54, 1.807) is 7.05 Å². The molecule has 2 heterocycles. The number of benzene rings is 2. The standard InChI is InChI=1S/C26H30N6/c1-19-11-5-4-10-16-32(3)23-15-9-6-12-20(23)18-28-26-29-22-14-8-7-13-21(22)25(31-26)30-24(17-19)27-2/h4-9,12-15,17H,10-11,16,18H2,1-3H3,(H2,27,28,29,30,31)/b5-4-,19-17+. The van der Waals surface area contributed by atoms with Crippen molar-refractivity contribution in [1.82, 2.24) is 9.97 Å². The smallest absolute Gasteiger partial charge is 0.225 e. The first-order valence-corrected chi connectivity index (χ1v) is 11.0. The Morgan fingerprint density at radius 3 is 2.69 bits per heavy atom. The number of para-hydroxylation sites is 2. The number of fused-ring (bicyclic) bond motifs is 5. The summed E-state index contributed by atoms with van der Waals surface area (Å²) in [5.41, 5.74) is 4.54. The summed E-state index contributed by atoms with van der Waals surface area (Å²) >= 11 is 0. The molecule has 4 rings (SSSR count). The van der Waals surface area contributed by atoms with Gasteiger partial charge in [-0.2, -0.15) is 4.98 Å². The largest absolute Gasteiger partial charge is 0.374 e. The molecule has 2 N–H and O–H groups in total. The molecule has 2 bridgehead atoms. The van der Waals surface area contributed by atoms with Gasteiger partial charge in [0.2, 0.25) is 5.95 Å². The number of anilines is 3. The van der Waals surface area contributed by atoms with Crippen molar-refractivity contribution < 1.29 is 0 Å². The Morgan fingerprint density at radius 1 is 1.00 bits per heavy atom. The summed E-state index contributed by atoms with van der Waals surface area (Å²) < 4.78 is 0. The monoisotopic (exact) mass is 426 g/mol. The van der Waals surface area contributed by atoms with E-state index in [0.29, 0.717) is 12.5 Å². The van der Waals surface area contributed by atoms with Crippen LogP contribution in [0.5, 0.6) is 0 Å². The number of nitrogens with zero attached hydrogens (tertiary/aromatic N) is 4. The van der Waals surface area contributed by atoms with E-state index in [0.717, 1.165) is 41.9 Å². The summed E-state index contributed by atoms with van der Waals surface area (Å²) in [5, 5.41) is 7.80. The van der Waals surface area contributed by atoms with Crippen molar-refractivity contribution in [3.05, 3.63) is 77.9 Å². The molecule has 0 atom stereocenters. The van der Waals surface area contributed by atoms with Crippen LogP contribution in [0.25, 0.3) is 10.9 Å². The molecule has 164 valence electrons. The van der Waals surface area contributed by atoms with Gasteiger partial charge in [-0.05, 0) is 49.6 Å². The van der Waals surface area contributed by atoms with Crippen molar-refractivity contribution in [1.29, 1.82) is 0 Å². The molecule has 2 aromatic carbocycles. The Morgan fingerprint density at radius 2 is 1.81 bits per heavy atom. The molecule has 32 heavy (non-hydrogen) atoms. The maximum absolute atomic E-state index is 4.79. The van der Waals surface area contributed by atoms with Crippen LogP contribution in [0.1, 0.15) is 25.3 Å². The molecule has 1 aliphatic heterocycles. The highest BCUT2D eigenvalue weighted by Crippen LogP contribution is 2.24. The second kappa shape index (κ2) is 10.1. The Kier molecular flexibility index (Phi) is 6.80. The minimum absolute atomic E-state index is 0.589. The van der Waals surface area contributed by atoms with Gasteiger partial charge in [-0.15, -0.1) is 0 Å². The molecule has 0 unspecified atom stereocenters. The highest BCUT2D eigenvalue weighted by molar-refractivity contribution is 6.07. The molecule has 6 heteroatoms. The average Bonchev–Trinajstić information content (AvgIpc) is 2.81. The van der Waals surface area contributed by atoms with Gasteiger partial charge in [0.25, 0.3) is 0 Å². The lowest BCUT2D eigenvalue weighted by Crippen LogP contribution is -2.20. The summed E-state index contributed by atoms with van der Waals surface area (Å²) in [6.07, 6.45) is 8.45. The van der Waals surface area contributed by atoms with Gasteiger partial charge >= 0.3 is 0 Å². The number of nitrogens with one attached hydrogen (secondary N) is 2. The van der Waals surface area contributed by atoms with Crippen LogP contribution >= 0.6 is 0 Å². The average molecular weight is 427 g/mol. The van der Waals surface area contributed by atoms with Gasteiger partial charge in [0.15, 0.2) is 0 Å². The molecule has 0 fully saturated rings. The molecule has 0 spiro atoms. The van der Waals surface area contributed by atoms with Crippen LogP contribution in [0.2, 0.25) is 0 Å². The maximum Gasteiger partial charge on any atom is 0.225 e. The summed E-state index contributed by atoms with van der Waals surface area (Å²) in [5.74, 6) is 2.11. The van der Waals surface area contributed by atoms with Crippen LogP contribution in [-0.2, 0) is 6.54 Å². The van der Waals surface area contributed by atoms with Crippen LogP contribution in [0, 0.1) is 0 Å². The lowest BCUT2D eigenvalue weighted by atomic mass is 10.1. The fraction of sp³-hybridized carbons (Fsp3) is 0.269. The van der Waals surface area contributed by atoms with Crippen LogP contribution < -0.4 is 15.5 Å². The van der Waals surface area contributed by atoms with E-state index < -0.39 is 0 Å². The van der Waals surface area contributed by atoms with E-state index in [9.17, 15) is 0 Å². The van der Waals surface area contributed by atoms with E-state index in [1.165, 1.54) is 16.8 Å². The van der Waals surface area contributed by atoms with E-state index in [-0.39, 0.29) is 0 Å². The van der Waals surface area contributed by atoms with Gasteiger partial charge in [-0.1, -0.05) is 48.1 Å². The highest BCUT2D eigenvalue weighted by Gasteiger charge is 2.11. The molecule has 0 saturated heterocycles. The molecular formula is C26H30N6.